The van der Waals surface area contributed by atoms with E-state index in [0.717, 1.165) is 11.4 Å². The largest absolute Gasteiger partial charge is 0.497 e. The summed E-state index contributed by atoms with van der Waals surface area (Å²) in [6.45, 7) is 1.06. The third-order valence-electron chi connectivity index (χ3n) is 3.02. The molecule has 0 unspecified atom stereocenters. The number of carbonyl (C=O) groups is 1. The fourth-order valence-electron chi connectivity index (χ4n) is 1.92. The summed E-state index contributed by atoms with van der Waals surface area (Å²) in [6, 6.07) is 7.33. The molecule has 0 fully saturated rings. The molecular formula is C15H18N4O2. The highest BCUT2D eigenvalue weighted by Gasteiger charge is 2.17. The summed E-state index contributed by atoms with van der Waals surface area (Å²) in [5.41, 5.74) is 6.80. The molecule has 2 rings (SSSR count). The van der Waals surface area contributed by atoms with Crippen LogP contribution in [0.5, 0.6) is 5.75 Å². The zero-order valence-corrected chi connectivity index (χ0v) is 11.9. The number of hydrogen-bond donors (Lipinski definition) is 1. The van der Waals surface area contributed by atoms with Crippen molar-refractivity contribution in [1.82, 2.24) is 9.97 Å². The van der Waals surface area contributed by atoms with Gasteiger partial charge in [-0.3, -0.25) is 4.79 Å². The molecule has 110 valence electrons. The van der Waals surface area contributed by atoms with Crippen molar-refractivity contribution < 1.29 is 9.53 Å². The Bertz CT molecular complexity index is 572. The van der Waals surface area contributed by atoms with Crippen LogP contribution in [0.4, 0.5) is 5.69 Å². The number of nitrogens with two attached hydrogens (primary N) is 1. The van der Waals surface area contributed by atoms with E-state index in [4.69, 9.17) is 10.5 Å². The molecule has 0 aliphatic carbocycles. The maximum absolute atomic E-state index is 12.6. The molecule has 0 spiro atoms. The van der Waals surface area contributed by atoms with Crippen molar-refractivity contribution in [3.8, 4) is 5.75 Å². The molecule has 6 nitrogen and oxygen atoms in total. The molecule has 1 heterocycles. The highest BCUT2D eigenvalue weighted by atomic mass is 16.5. The molecule has 2 N–H and O–H groups in total. The van der Waals surface area contributed by atoms with Gasteiger partial charge in [-0.2, -0.15) is 0 Å². The first-order valence-corrected chi connectivity index (χ1v) is 6.67. The maximum atomic E-state index is 12.6. The molecule has 0 atom stereocenters. The third-order valence-corrected chi connectivity index (χ3v) is 3.02. The van der Waals surface area contributed by atoms with Gasteiger partial charge in [0.05, 0.1) is 12.7 Å². The molecule has 0 radical (unpaired) electrons. The fraction of sp³-hybridized carbons (Fsp3) is 0.267. The van der Waals surface area contributed by atoms with Gasteiger partial charge in [-0.25, -0.2) is 9.97 Å². The molecule has 0 aliphatic heterocycles. The summed E-state index contributed by atoms with van der Waals surface area (Å²) in [5.74, 6) is 0.599. The number of hydrogen-bond acceptors (Lipinski definition) is 5. The average Bonchev–Trinajstić information content (AvgIpc) is 2.56. The van der Waals surface area contributed by atoms with Gasteiger partial charge in [0.25, 0.3) is 5.91 Å². The van der Waals surface area contributed by atoms with Crippen LogP contribution >= 0.6 is 0 Å². The highest BCUT2D eigenvalue weighted by molar-refractivity contribution is 6.05. The maximum Gasteiger partial charge on any atom is 0.261 e. The van der Waals surface area contributed by atoms with Crippen molar-refractivity contribution >= 4 is 11.6 Å². The van der Waals surface area contributed by atoms with Gasteiger partial charge >= 0.3 is 0 Å². The molecule has 2 aromatic rings. The topological polar surface area (TPSA) is 81.3 Å². The molecule has 0 saturated heterocycles. The van der Waals surface area contributed by atoms with E-state index in [1.165, 1.54) is 18.7 Å². The monoisotopic (exact) mass is 286 g/mol. The number of methoxy groups -OCH3 is 1. The summed E-state index contributed by atoms with van der Waals surface area (Å²) in [7, 11) is 1.60. The Kier molecular flexibility index (Phi) is 5.22. The molecule has 0 bridgehead atoms. The number of nitrogens with zero attached hydrogens (tertiary/aromatic N) is 3. The van der Waals surface area contributed by atoms with E-state index in [2.05, 4.69) is 9.97 Å². The van der Waals surface area contributed by atoms with Crippen LogP contribution in [-0.2, 0) is 0 Å². The van der Waals surface area contributed by atoms with Crippen LogP contribution in [0, 0.1) is 0 Å². The van der Waals surface area contributed by atoms with Crippen LogP contribution in [0.2, 0.25) is 0 Å². The number of rotatable bonds is 6. The van der Waals surface area contributed by atoms with Crippen LogP contribution in [0.15, 0.2) is 43.0 Å². The Morgan fingerprint density at radius 2 is 1.90 bits per heavy atom. The fourth-order valence-corrected chi connectivity index (χ4v) is 1.92. The predicted octanol–water partition coefficient (Wildman–Crippen LogP) is 1.48. The van der Waals surface area contributed by atoms with Crippen molar-refractivity contribution in [2.24, 2.45) is 5.73 Å². The van der Waals surface area contributed by atoms with E-state index >= 15 is 0 Å². The van der Waals surface area contributed by atoms with E-state index in [-0.39, 0.29) is 5.91 Å². The summed E-state index contributed by atoms with van der Waals surface area (Å²) >= 11 is 0. The van der Waals surface area contributed by atoms with Crippen molar-refractivity contribution in [3.63, 3.8) is 0 Å². The van der Waals surface area contributed by atoms with Crippen molar-refractivity contribution in [2.75, 3.05) is 25.1 Å². The number of ether oxygens (including phenoxy) is 1. The molecule has 0 saturated carbocycles. The van der Waals surface area contributed by atoms with Gasteiger partial charge in [-0.05, 0) is 37.2 Å². The highest BCUT2D eigenvalue weighted by Crippen LogP contribution is 2.21. The second-order valence-corrected chi connectivity index (χ2v) is 4.42. The minimum Gasteiger partial charge on any atom is -0.497 e. The lowest BCUT2D eigenvalue weighted by atomic mass is 10.2. The smallest absolute Gasteiger partial charge is 0.261 e. The summed E-state index contributed by atoms with van der Waals surface area (Å²) < 4.78 is 5.13. The molecule has 21 heavy (non-hydrogen) atoms. The quantitative estimate of drug-likeness (QED) is 0.870. The first-order valence-electron chi connectivity index (χ1n) is 6.67. The van der Waals surface area contributed by atoms with Crippen molar-refractivity contribution in [2.45, 2.75) is 6.42 Å². The normalized spacial score (nSPS) is 10.2. The van der Waals surface area contributed by atoms with Crippen LogP contribution in [0.1, 0.15) is 16.8 Å². The average molecular weight is 286 g/mol. The van der Waals surface area contributed by atoms with Crippen LogP contribution in [0.3, 0.4) is 0 Å². The minimum absolute atomic E-state index is 0.144. The van der Waals surface area contributed by atoms with E-state index in [9.17, 15) is 4.79 Å². The number of amides is 1. The Balaban J connectivity index is 2.26. The van der Waals surface area contributed by atoms with Crippen molar-refractivity contribution in [1.29, 1.82) is 0 Å². The number of benzene rings is 1. The molecule has 6 heteroatoms. The summed E-state index contributed by atoms with van der Waals surface area (Å²) in [5, 5.41) is 0. The van der Waals surface area contributed by atoms with Crippen LogP contribution in [0.25, 0.3) is 0 Å². The number of aromatic nitrogens is 2. The number of carbonyl (C=O) groups excluding carboxylic acids is 1. The Labute approximate surface area is 123 Å². The molecule has 0 aliphatic rings. The molecule has 1 amide bonds. The van der Waals surface area contributed by atoms with Gasteiger partial charge < -0.3 is 15.4 Å². The van der Waals surface area contributed by atoms with Gasteiger partial charge in [0.1, 0.15) is 12.1 Å². The first-order chi connectivity index (χ1) is 10.3. The van der Waals surface area contributed by atoms with E-state index in [1.54, 1.807) is 12.0 Å². The second kappa shape index (κ2) is 7.35. The Hall–Kier alpha value is -2.47. The Morgan fingerprint density at radius 3 is 2.48 bits per heavy atom. The number of anilines is 1. The Morgan fingerprint density at radius 1 is 1.24 bits per heavy atom. The summed E-state index contributed by atoms with van der Waals surface area (Å²) in [6.07, 6.45) is 5.13. The second-order valence-electron chi connectivity index (χ2n) is 4.42. The van der Waals surface area contributed by atoms with Gasteiger partial charge in [0, 0.05) is 24.6 Å². The third kappa shape index (κ3) is 3.76. The van der Waals surface area contributed by atoms with Crippen LogP contribution in [-0.4, -0.2) is 36.1 Å². The van der Waals surface area contributed by atoms with E-state index in [1.807, 2.05) is 24.3 Å². The molecule has 1 aromatic carbocycles. The molecule has 1 aromatic heterocycles. The van der Waals surface area contributed by atoms with Gasteiger partial charge in [0.15, 0.2) is 0 Å². The standard InChI is InChI=1S/C15H18N4O2/c1-21-14-5-3-13(4-6-14)19(8-2-7-16)15(20)12-9-17-11-18-10-12/h3-6,9-11H,2,7-8,16H2,1H3. The van der Waals surface area contributed by atoms with Gasteiger partial charge in [-0.15, -0.1) is 0 Å². The van der Waals surface area contributed by atoms with Crippen LogP contribution < -0.4 is 15.4 Å². The molecular weight excluding hydrogens is 268 g/mol. The SMILES string of the molecule is COc1ccc(N(CCCN)C(=O)c2cncnc2)cc1. The van der Waals surface area contributed by atoms with E-state index < -0.39 is 0 Å². The lowest BCUT2D eigenvalue weighted by molar-refractivity contribution is 0.0986. The predicted molar refractivity (Wildman–Crippen MR) is 80.4 cm³/mol. The summed E-state index contributed by atoms with van der Waals surface area (Å²) in [4.78, 5) is 22.0. The van der Waals surface area contributed by atoms with Gasteiger partial charge in [0.2, 0.25) is 0 Å². The van der Waals surface area contributed by atoms with Crippen molar-refractivity contribution in [3.05, 3.63) is 48.5 Å². The minimum atomic E-state index is -0.144. The lowest BCUT2D eigenvalue weighted by Gasteiger charge is -2.22. The first kappa shape index (κ1) is 14.9. The lowest BCUT2D eigenvalue weighted by Crippen LogP contribution is -2.33. The zero-order valence-electron chi connectivity index (χ0n) is 11.9. The zero-order chi connectivity index (χ0) is 15.1. The van der Waals surface area contributed by atoms with E-state index in [0.29, 0.717) is 25.1 Å². The van der Waals surface area contributed by atoms with Gasteiger partial charge in [-0.1, -0.05) is 0 Å².